The SMILES string of the molecule is CC(=O)N1CCc2c(nc(-c3ccccn3)nc2NC[C@@H](C)c2ccccc2)C1. The van der Waals surface area contributed by atoms with E-state index in [0.717, 1.165) is 35.7 Å². The van der Waals surface area contributed by atoms with Crippen LogP contribution in [0.4, 0.5) is 5.82 Å². The number of fused-ring (bicyclic) bond motifs is 1. The number of carbonyl (C=O) groups excluding carboxylic acids is 1. The molecule has 3 aromatic rings. The lowest BCUT2D eigenvalue weighted by Gasteiger charge is -2.29. The molecule has 1 aromatic carbocycles. The largest absolute Gasteiger partial charge is 0.369 e. The molecule has 1 aliphatic heterocycles. The summed E-state index contributed by atoms with van der Waals surface area (Å²) in [6.45, 7) is 5.78. The van der Waals surface area contributed by atoms with Crippen LogP contribution in [0.25, 0.3) is 11.5 Å². The highest BCUT2D eigenvalue weighted by Crippen LogP contribution is 2.27. The van der Waals surface area contributed by atoms with Crippen LogP contribution in [0.1, 0.15) is 36.6 Å². The van der Waals surface area contributed by atoms with Crippen molar-refractivity contribution >= 4 is 11.7 Å². The third-order valence-electron chi connectivity index (χ3n) is 5.35. The van der Waals surface area contributed by atoms with Crippen molar-refractivity contribution in [2.45, 2.75) is 32.7 Å². The average Bonchev–Trinajstić information content (AvgIpc) is 2.77. The molecule has 29 heavy (non-hydrogen) atoms. The van der Waals surface area contributed by atoms with E-state index in [-0.39, 0.29) is 5.91 Å². The lowest BCUT2D eigenvalue weighted by molar-refractivity contribution is -0.129. The molecule has 1 atom stereocenters. The van der Waals surface area contributed by atoms with E-state index in [9.17, 15) is 4.79 Å². The summed E-state index contributed by atoms with van der Waals surface area (Å²) in [5, 5.41) is 3.54. The highest BCUT2D eigenvalue weighted by molar-refractivity contribution is 5.74. The fourth-order valence-electron chi connectivity index (χ4n) is 3.60. The van der Waals surface area contributed by atoms with E-state index in [1.807, 2.05) is 29.2 Å². The van der Waals surface area contributed by atoms with Crippen molar-refractivity contribution in [3.63, 3.8) is 0 Å². The van der Waals surface area contributed by atoms with Gasteiger partial charge < -0.3 is 10.2 Å². The number of benzene rings is 1. The van der Waals surface area contributed by atoms with Gasteiger partial charge in [0, 0.05) is 31.8 Å². The normalized spacial score (nSPS) is 14.2. The number of hydrogen-bond donors (Lipinski definition) is 1. The molecule has 3 heterocycles. The number of nitrogens with zero attached hydrogens (tertiary/aromatic N) is 4. The Kier molecular flexibility index (Phi) is 5.51. The van der Waals surface area contributed by atoms with Crippen molar-refractivity contribution in [3.8, 4) is 11.5 Å². The second kappa shape index (κ2) is 8.39. The van der Waals surface area contributed by atoms with Gasteiger partial charge in [0.2, 0.25) is 5.91 Å². The van der Waals surface area contributed by atoms with Crippen LogP contribution in [0.5, 0.6) is 0 Å². The minimum Gasteiger partial charge on any atom is -0.369 e. The predicted molar refractivity (Wildman–Crippen MR) is 113 cm³/mol. The summed E-state index contributed by atoms with van der Waals surface area (Å²) < 4.78 is 0. The van der Waals surface area contributed by atoms with Gasteiger partial charge in [0.1, 0.15) is 11.5 Å². The van der Waals surface area contributed by atoms with E-state index in [4.69, 9.17) is 9.97 Å². The Hall–Kier alpha value is -3.28. The molecule has 0 fully saturated rings. The van der Waals surface area contributed by atoms with Gasteiger partial charge in [-0.1, -0.05) is 43.3 Å². The molecule has 1 aliphatic rings. The number of aromatic nitrogens is 3. The van der Waals surface area contributed by atoms with Crippen molar-refractivity contribution in [1.29, 1.82) is 0 Å². The minimum atomic E-state index is 0.0702. The van der Waals surface area contributed by atoms with E-state index in [1.54, 1.807) is 13.1 Å². The summed E-state index contributed by atoms with van der Waals surface area (Å²) in [5.41, 5.74) is 4.02. The molecule has 0 radical (unpaired) electrons. The molecule has 6 heteroatoms. The van der Waals surface area contributed by atoms with Crippen molar-refractivity contribution in [3.05, 3.63) is 71.5 Å². The number of nitrogens with one attached hydrogen (secondary N) is 1. The molecule has 0 saturated carbocycles. The van der Waals surface area contributed by atoms with Crippen LogP contribution in [0.2, 0.25) is 0 Å². The van der Waals surface area contributed by atoms with Gasteiger partial charge in [-0.15, -0.1) is 0 Å². The summed E-state index contributed by atoms with van der Waals surface area (Å²) >= 11 is 0. The van der Waals surface area contributed by atoms with Crippen LogP contribution in [0.3, 0.4) is 0 Å². The molecule has 0 spiro atoms. The molecule has 1 N–H and O–H groups in total. The van der Waals surface area contributed by atoms with E-state index in [2.05, 4.69) is 41.5 Å². The number of carbonyl (C=O) groups is 1. The van der Waals surface area contributed by atoms with Gasteiger partial charge in [0.05, 0.1) is 12.2 Å². The predicted octanol–water partition coefficient (Wildman–Crippen LogP) is 3.66. The lowest BCUT2D eigenvalue weighted by Crippen LogP contribution is -2.35. The van der Waals surface area contributed by atoms with E-state index in [0.29, 0.717) is 24.8 Å². The van der Waals surface area contributed by atoms with Gasteiger partial charge >= 0.3 is 0 Å². The van der Waals surface area contributed by atoms with E-state index < -0.39 is 0 Å². The highest BCUT2D eigenvalue weighted by Gasteiger charge is 2.24. The first kappa shape index (κ1) is 19.1. The van der Waals surface area contributed by atoms with Gasteiger partial charge in [-0.25, -0.2) is 9.97 Å². The van der Waals surface area contributed by atoms with Crippen LogP contribution >= 0.6 is 0 Å². The molecule has 6 nitrogen and oxygen atoms in total. The Balaban J connectivity index is 1.65. The van der Waals surface area contributed by atoms with Gasteiger partial charge in [-0.2, -0.15) is 0 Å². The van der Waals surface area contributed by atoms with Crippen LogP contribution in [-0.4, -0.2) is 38.8 Å². The zero-order chi connectivity index (χ0) is 20.2. The van der Waals surface area contributed by atoms with E-state index >= 15 is 0 Å². The Morgan fingerprint density at radius 1 is 1.14 bits per heavy atom. The second-order valence-electron chi connectivity index (χ2n) is 7.42. The van der Waals surface area contributed by atoms with Crippen LogP contribution in [-0.2, 0) is 17.8 Å². The number of rotatable bonds is 5. The number of pyridine rings is 1. The third kappa shape index (κ3) is 4.26. The highest BCUT2D eigenvalue weighted by atomic mass is 16.2. The van der Waals surface area contributed by atoms with Crippen LogP contribution in [0, 0.1) is 0 Å². The van der Waals surface area contributed by atoms with Crippen molar-refractivity contribution < 1.29 is 4.79 Å². The van der Waals surface area contributed by atoms with Crippen LogP contribution < -0.4 is 5.32 Å². The minimum absolute atomic E-state index is 0.0702. The average molecular weight is 387 g/mol. The molecule has 148 valence electrons. The standard InChI is InChI=1S/C23H25N5O/c1-16(18-8-4-3-5-9-18)14-25-22-19-11-13-28(17(2)29)15-21(19)26-23(27-22)20-10-6-7-12-24-20/h3-10,12,16H,11,13-15H2,1-2H3,(H,25,26,27)/t16-/m1/s1. The molecule has 0 aliphatic carbocycles. The summed E-state index contributed by atoms with van der Waals surface area (Å²) in [6.07, 6.45) is 2.49. The molecule has 4 rings (SSSR count). The third-order valence-corrected chi connectivity index (χ3v) is 5.35. The maximum atomic E-state index is 11.9. The maximum absolute atomic E-state index is 11.9. The topological polar surface area (TPSA) is 71.0 Å². The second-order valence-corrected chi connectivity index (χ2v) is 7.42. The first-order chi connectivity index (χ1) is 14.1. The van der Waals surface area contributed by atoms with Crippen molar-refractivity contribution in [2.75, 3.05) is 18.4 Å². The summed E-state index contributed by atoms with van der Waals surface area (Å²) in [6, 6.07) is 16.2. The van der Waals surface area contributed by atoms with Gasteiger partial charge in [-0.05, 0) is 30.0 Å². The zero-order valence-corrected chi connectivity index (χ0v) is 16.8. The number of amides is 1. The molecule has 0 bridgehead atoms. The van der Waals surface area contributed by atoms with E-state index in [1.165, 1.54) is 5.56 Å². The fourth-order valence-corrected chi connectivity index (χ4v) is 3.60. The zero-order valence-electron chi connectivity index (χ0n) is 16.8. The lowest BCUT2D eigenvalue weighted by atomic mass is 10.0. The summed E-state index contributed by atoms with van der Waals surface area (Å²) in [7, 11) is 0. The molecule has 0 unspecified atom stereocenters. The Morgan fingerprint density at radius 2 is 1.93 bits per heavy atom. The van der Waals surface area contributed by atoms with Gasteiger partial charge in [0.15, 0.2) is 5.82 Å². The summed E-state index contributed by atoms with van der Waals surface area (Å²) in [5.74, 6) is 1.85. The fraction of sp³-hybridized carbons (Fsp3) is 0.304. The Bertz CT molecular complexity index is 991. The quantitative estimate of drug-likeness (QED) is 0.723. The first-order valence-corrected chi connectivity index (χ1v) is 9.97. The smallest absolute Gasteiger partial charge is 0.219 e. The number of anilines is 1. The molecule has 0 saturated heterocycles. The van der Waals surface area contributed by atoms with Crippen LogP contribution in [0.15, 0.2) is 54.7 Å². The maximum Gasteiger partial charge on any atom is 0.219 e. The van der Waals surface area contributed by atoms with Gasteiger partial charge in [-0.3, -0.25) is 9.78 Å². The summed E-state index contributed by atoms with van der Waals surface area (Å²) in [4.78, 5) is 27.7. The molecular formula is C23H25N5O. The molecular weight excluding hydrogens is 362 g/mol. The molecule has 2 aromatic heterocycles. The van der Waals surface area contributed by atoms with Crippen molar-refractivity contribution in [2.24, 2.45) is 0 Å². The Morgan fingerprint density at radius 3 is 2.66 bits per heavy atom. The molecule has 1 amide bonds. The number of hydrogen-bond acceptors (Lipinski definition) is 5. The van der Waals surface area contributed by atoms with Gasteiger partial charge in [0.25, 0.3) is 0 Å². The van der Waals surface area contributed by atoms with Crippen molar-refractivity contribution in [1.82, 2.24) is 19.9 Å². The Labute approximate surface area is 171 Å². The monoisotopic (exact) mass is 387 g/mol. The first-order valence-electron chi connectivity index (χ1n) is 9.97.